The van der Waals surface area contributed by atoms with Gasteiger partial charge in [0.1, 0.15) is 0 Å². The molecule has 1 amide bonds. The first-order valence-corrected chi connectivity index (χ1v) is 7.38. The molecule has 3 N–H and O–H groups in total. The minimum Gasteiger partial charge on any atom is -0.290 e. The Labute approximate surface area is 123 Å². The van der Waals surface area contributed by atoms with Gasteiger partial charge in [-0.25, -0.2) is 5.84 Å². The highest BCUT2D eigenvalue weighted by molar-refractivity contribution is 7.98. The van der Waals surface area contributed by atoms with Crippen molar-refractivity contribution in [3.8, 4) is 0 Å². The molecule has 4 heteroatoms. The molecule has 0 heterocycles. The van der Waals surface area contributed by atoms with Crippen LogP contribution in [0.5, 0.6) is 0 Å². The number of nitrogens with two attached hydrogens (primary N) is 1. The summed E-state index contributed by atoms with van der Waals surface area (Å²) < 4.78 is 0. The van der Waals surface area contributed by atoms with Crippen LogP contribution in [0.25, 0.3) is 0 Å². The maximum absolute atomic E-state index is 11.5. The van der Waals surface area contributed by atoms with E-state index in [0.717, 1.165) is 11.3 Å². The van der Waals surface area contributed by atoms with Gasteiger partial charge in [-0.2, -0.15) is 0 Å². The zero-order valence-electron chi connectivity index (χ0n) is 11.6. The number of thioether (sulfide) groups is 1. The van der Waals surface area contributed by atoms with Gasteiger partial charge in [0, 0.05) is 16.2 Å². The van der Waals surface area contributed by atoms with Crippen LogP contribution in [0.1, 0.15) is 27.0 Å². The van der Waals surface area contributed by atoms with Crippen molar-refractivity contribution >= 4 is 17.7 Å². The number of hydrogen-bond acceptors (Lipinski definition) is 3. The number of nitrogens with one attached hydrogen (secondary N) is 1. The minimum atomic E-state index is -0.261. The highest BCUT2D eigenvalue weighted by atomic mass is 32.2. The zero-order chi connectivity index (χ0) is 14.5. The van der Waals surface area contributed by atoms with Gasteiger partial charge in [0.05, 0.1) is 0 Å². The Hall–Kier alpha value is -1.78. The topological polar surface area (TPSA) is 55.1 Å². The maximum Gasteiger partial charge on any atom is 0.265 e. The van der Waals surface area contributed by atoms with Crippen LogP contribution >= 0.6 is 11.8 Å². The second kappa shape index (κ2) is 6.59. The fourth-order valence-corrected chi connectivity index (χ4v) is 2.96. The van der Waals surface area contributed by atoms with Gasteiger partial charge in [-0.15, -0.1) is 11.8 Å². The predicted octanol–water partition coefficient (Wildman–Crippen LogP) is 3.20. The quantitative estimate of drug-likeness (QED) is 0.393. The molecule has 0 spiro atoms. The minimum absolute atomic E-state index is 0.261. The van der Waals surface area contributed by atoms with Crippen molar-refractivity contribution in [2.75, 3.05) is 0 Å². The summed E-state index contributed by atoms with van der Waals surface area (Å²) in [7, 11) is 0. The molecule has 0 saturated carbocycles. The Balaban J connectivity index is 2.09. The van der Waals surface area contributed by atoms with Crippen LogP contribution in [0.15, 0.2) is 47.4 Å². The van der Waals surface area contributed by atoms with Crippen molar-refractivity contribution in [2.45, 2.75) is 24.5 Å². The lowest BCUT2D eigenvalue weighted by Gasteiger charge is -2.07. The van der Waals surface area contributed by atoms with E-state index in [1.165, 1.54) is 16.0 Å². The normalized spacial score (nSPS) is 10.3. The summed E-state index contributed by atoms with van der Waals surface area (Å²) in [5, 5.41) is 0. The van der Waals surface area contributed by atoms with E-state index in [4.69, 9.17) is 5.84 Å². The van der Waals surface area contributed by atoms with Crippen molar-refractivity contribution in [1.82, 2.24) is 5.43 Å². The molecular formula is C16H18N2OS. The van der Waals surface area contributed by atoms with E-state index in [1.807, 2.05) is 18.2 Å². The van der Waals surface area contributed by atoms with Crippen molar-refractivity contribution in [3.63, 3.8) is 0 Å². The first kappa shape index (κ1) is 14.6. The zero-order valence-corrected chi connectivity index (χ0v) is 12.5. The Morgan fingerprint density at radius 2 is 2.00 bits per heavy atom. The predicted molar refractivity (Wildman–Crippen MR) is 83.6 cm³/mol. The van der Waals surface area contributed by atoms with E-state index in [1.54, 1.807) is 17.8 Å². The van der Waals surface area contributed by atoms with Gasteiger partial charge in [-0.3, -0.25) is 10.2 Å². The molecule has 0 unspecified atom stereocenters. The smallest absolute Gasteiger partial charge is 0.265 e. The van der Waals surface area contributed by atoms with Gasteiger partial charge in [0.15, 0.2) is 0 Å². The number of hydrazine groups is 1. The van der Waals surface area contributed by atoms with Gasteiger partial charge in [0.2, 0.25) is 0 Å². The van der Waals surface area contributed by atoms with Crippen LogP contribution < -0.4 is 11.3 Å². The van der Waals surface area contributed by atoms with E-state index < -0.39 is 0 Å². The van der Waals surface area contributed by atoms with Crippen LogP contribution in [-0.4, -0.2) is 5.91 Å². The Morgan fingerprint density at radius 1 is 1.20 bits per heavy atom. The number of carbonyl (C=O) groups excluding carboxylic acids is 1. The molecule has 3 nitrogen and oxygen atoms in total. The third-order valence-electron chi connectivity index (χ3n) is 3.05. The first-order valence-electron chi connectivity index (χ1n) is 6.40. The SMILES string of the molecule is Cc1ccc(SCc2cccc(C(=O)NN)c2)c(C)c1. The lowest BCUT2D eigenvalue weighted by atomic mass is 10.1. The van der Waals surface area contributed by atoms with Gasteiger partial charge in [-0.1, -0.05) is 29.8 Å². The second-order valence-electron chi connectivity index (χ2n) is 4.73. The van der Waals surface area contributed by atoms with E-state index >= 15 is 0 Å². The summed E-state index contributed by atoms with van der Waals surface area (Å²) in [5.74, 6) is 5.72. The Bertz CT molecular complexity index is 626. The largest absolute Gasteiger partial charge is 0.290 e. The average molecular weight is 286 g/mol. The highest BCUT2D eigenvalue weighted by Gasteiger charge is 2.05. The summed E-state index contributed by atoms with van der Waals surface area (Å²) in [5.41, 5.74) is 6.40. The second-order valence-corrected chi connectivity index (χ2v) is 5.75. The number of rotatable bonds is 4. The van der Waals surface area contributed by atoms with E-state index in [0.29, 0.717) is 5.56 Å². The first-order chi connectivity index (χ1) is 9.60. The number of benzene rings is 2. The number of amides is 1. The molecule has 0 aliphatic carbocycles. The van der Waals surface area contributed by atoms with Crippen LogP contribution in [-0.2, 0) is 5.75 Å². The summed E-state index contributed by atoms with van der Waals surface area (Å²) in [6.07, 6.45) is 0. The van der Waals surface area contributed by atoms with Crippen LogP contribution in [0, 0.1) is 13.8 Å². The highest BCUT2D eigenvalue weighted by Crippen LogP contribution is 2.26. The number of nitrogen functional groups attached to an aromatic ring is 1. The van der Waals surface area contributed by atoms with E-state index in [-0.39, 0.29) is 5.91 Å². The van der Waals surface area contributed by atoms with Crippen LogP contribution in [0.2, 0.25) is 0 Å². The van der Waals surface area contributed by atoms with E-state index in [9.17, 15) is 4.79 Å². The molecule has 0 aromatic heterocycles. The third-order valence-corrected chi connectivity index (χ3v) is 4.29. The third kappa shape index (κ3) is 3.62. The molecule has 2 aromatic rings. The summed E-state index contributed by atoms with van der Waals surface area (Å²) in [6.45, 7) is 4.21. The molecule has 0 saturated heterocycles. The van der Waals surface area contributed by atoms with Crippen molar-refractivity contribution in [2.24, 2.45) is 5.84 Å². The van der Waals surface area contributed by atoms with Crippen molar-refractivity contribution in [1.29, 1.82) is 0 Å². The van der Waals surface area contributed by atoms with Gasteiger partial charge >= 0.3 is 0 Å². The van der Waals surface area contributed by atoms with Crippen LogP contribution in [0.3, 0.4) is 0 Å². The standard InChI is InChI=1S/C16H18N2OS/c1-11-6-7-15(12(2)8-11)20-10-13-4-3-5-14(9-13)16(19)18-17/h3-9H,10,17H2,1-2H3,(H,18,19). The number of aryl methyl sites for hydroxylation is 2. The van der Waals surface area contributed by atoms with Crippen molar-refractivity contribution < 1.29 is 4.79 Å². The fraction of sp³-hybridized carbons (Fsp3) is 0.188. The van der Waals surface area contributed by atoms with Gasteiger partial charge in [-0.05, 0) is 43.2 Å². The molecular weight excluding hydrogens is 268 g/mol. The fourth-order valence-electron chi connectivity index (χ4n) is 2.01. The molecule has 104 valence electrons. The van der Waals surface area contributed by atoms with Crippen LogP contribution in [0.4, 0.5) is 0 Å². The molecule has 0 atom stereocenters. The summed E-state index contributed by atoms with van der Waals surface area (Å²) in [6, 6.07) is 14.0. The number of carbonyl (C=O) groups is 1. The van der Waals surface area contributed by atoms with Gasteiger partial charge < -0.3 is 0 Å². The molecule has 20 heavy (non-hydrogen) atoms. The molecule has 0 bridgehead atoms. The molecule has 0 radical (unpaired) electrons. The lowest BCUT2D eigenvalue weighted by molar-refractivity contribution is 0.0953. The molecule has 0 aliphatic heterocycles. The van der Waals surface area contributed by atoms with Gasteiger partial charge in [0.25, 0.3) is 5.91 Å². The van der Waals surface area contributed by atoms with E-state index in [2.05, 4.69) is 37.5 Å². The molecule has 2 aromatic carbocycles. The lowest BCUT2D eigenvalue weighted by Crippen LogP contribution is -2.29. The molecule has 2 rings (SSSR count). The summed E-state index contributed by atoms with van der Waals surface area (Å²) in [4.78, 5) is 12.8. The molecule has 0 fully saturated rings. The molecule has 0 aliphatic rings. The monoisotopic (exact) mass is 286 g/mol. The van der Waals surface area contributed by atoms with Crippen molar-refractivity contribution in [3.05, 3.63) is 64.7 Å². The Kier molecular flexibility index (Phi) is 4.82. The number of hydrogen-bond donors (Lipinski definition) is 2. The summed E-state index contributed by atoms with van der Waals surface area (Å²) >= 11 is 1.77. The maximum atomic E-state index is 11.5. The average Bonchev–Trinajstić information content (AvgIpc) is 2.46. The Morgan fingerprint density at radius 3 is 2.70 bits per heavy atom.